The van der Waals surface area contributed by atoms with Crippen LogP contribution < -0.4 is 11.6 Å². The fraction of sp³-hybridized carbons (Fsp3) is 0.500. The number of nitrogens with one attached hydrogen (secondary N) is 1. The molecule has 0 spiro atoms. The van der Waals surface area contributed by atoms with Crippen molar-refractivity contribution in [1.82, 2.24) is 10.0 Å². The lowest BCUT2D eigenvalue weighted by atomic mass is 10.6. The average Bonchev–Trinajstić information content (AvgIpc) is 2.43. The Labute approximate surface area is 62.7 Å². The van der Waals surface area contributed by atoms with Crippen LogP contribution in [0.15, 0.2) is 5.10 Å². The Morgan fingerprint density at radius 2 is 2.45 bits per heavy atom. The third-order valence-corrected chi connectivity index (χ3v) is 1.57. The first kappa shape index (κ1) is 6.38. The van der Waals surface area contributed by atoms with Crippen molar-refractivity contribution in [2.45, 2.75) is 6.35 Å². The van der Waals surface area contributed by atoms with E-state index in [0.717, 1.165) is 0 Å². The lowest BCUT2D eigenvalue weighted by Crippen LogP contribution is -2.47. The number of amidine groups is 1. The first-order valence-electron chi connectivity index (χ1n) is 3.06. The lowest BCUT2D eigenvalue weighted by molar-refractivity contribution is -0.0344. The van der Waals surface area contributed by atoms with Gasteiger partial charge in [-0.15, -0.1) is 5.10 Å². The Kier molecular flexibility index (Phi) is 1.06. The average molecular weight is 156 g/mol. The molecule has 0 aromatic carbocycles. The number of rotatable bonds is 0. The number of hydrogen-bond donors (Lipinski definition) is 3. The quantitative estimate of drug-likeness (QED) is 0.352. The SMILES string of the molecule is N=C1COC2N(N)C(N)=NN12. The summed E-state index contributed by atoms with van der Waals surface area (Å²) in [4.78, 5) is 0. The molecule has 1 atom stereocenters. The highest BCUT2D eigenvalue weighted by molar-refractivity contribution is 5.88. The molecule has 0 amide bonds. The van der Waals surface area contributed by atoms with Crippen LogP contribution in [0, 0.1) is 5.41 Å². The van der Waals surface area contributed by atoms with Gasteiger partial charge in [0.25, 0.3) is 0 Å². The van der Waals surface area contributed by atoms with Gasteiger partial charge in [-0.3, -0.25) is 5.41 Å². The van der Waals surface area contributed by atoms with E-state index >= 15 is 0 Å². The topological polar surface area (TPSA) is 104 Å². The number of fused-ring (bicyclic) bond motifs is 1. The van der Waals surface area contributed by atoms with Crippen LogP contribution in [0.2, 0.25) is 0 Å². The zero-order chi connectivity index (χ0) is 8.01. The minimum atomic E-state index is -0.512. The molecule has 1 unspecified atom stereocenters. The predicted octanol–water partition coefficient (Wildman–Crippen LogP) is -2.00. The van der Waals surface area contributed by atoms with Gasteiger partial charge in [0.2, 0.25) is 12.3 Å². The summed E-state index contributed by atoms with van der Waals surface area (Å²) in [5.74, 6) is 5.88. The first-order chi connectivity index (χ1) is 5.20. The summed E-state index contributed by atoms with van der Waals surface area (Å²) < 4.78 is 5.08. The van der Waals surface area contributed by atoms with Gasteiger partial charge < -0.3 is 10.5 Å². The summed E-state index contributed by atoms with van der Waals surface area (Å²) in [6.45, 7) is 0.231. The smallest absolute Gasteiger partial charge is 0.247 e. The number of ether oxygens (including phenoxy) is 1. The number of hydrazone groups is 1. The summed E-state index contributed by atoms with van der Waals surface area (Å²) in [6.07, 6.45) is -0.512. The van der Waals surface area contributed by atoms with E-state index in [0.29, 0.717) is 0 Å². The Bertz CT molecular complexity index is 237. The van der Waals surface area contributed by atoms with E-state index < -0.39 is 6.35 Å². The Morgan fingerprint density at radius 1 is 1.73 bits per heavy atom. The molecule has 2 rings (SSSR count). The predicted molar refractivity (Wildman–Crippen MR) is 37.0 cm³/mol. The van der Waals surface area contributed by atoms with Crippen LogP contribution in [0.4, 0.5) is 0 Å². The highest BCUT2D eigenvalue weighted by Crippen LogP contribution is 2.18. The molecule has 0 aromatic heterocycles. The highest BCUT2D eigenvalue weighted by Gasteiger charge is 2.39. The van der Waals surface area contributed by atoms with Gasteiger partial charge in [0, 0.05) is 0 Å². The number of hydrazine groups is 1. The van der Waals surface area contributed by atoms with E-state index in [-0.39, 0.29) is 18.4 Å². The molecular formula is C4H8N6O. The van der Waals surface area contributed by atoms with E-state index in [4.69, 9.17) is 21.7 Å². The normalized spacial score (nSPS) is 29.4. The summed E-state index contributed by atoms with van der Waals surface area (Å²) in [5.41, 5.74) is 5.36. The molecule has 0 aromatic rings. The molecule has 1 saturated heterocycles. The van der Waals surface area contributed by atoms with Crippen LogP contribution in [-0.2, 0) is 4.74 Å². The van der Waals surface area contributed by atoms with Crippen molar-refractivity contribution in [2.75, 3.05) is 6.61 Å². The molecule has 11 heavy (non-hydrogen) atoms. The summed E-state index contributed by atoms with van der Waals surface area (Å²) in [5, 5.41) is 13.6. The summed E-state index contributed by atoms with van der Waals surface area (Å²) in [7, 11) is 0. The van der Waals surface area contributed by atoms with Crippen LogP contribution in [0.1, 0.15) is 0 Å². The van der Waals surface area contributed by atoms with Crippen molar-refractivity contribution in [3.8, 4) is 0 Å². The second-order valence-electron chi connectivity index (χ2n) is 2.29. The van der Waals surface area contributed by atoms with Crippen molar-refractivity contribution in [2.24, 2.45) is 16.7 Å². The van der Waals surface area contributed by atoms with Crippen molar-refractivity contribution >= 4 is 11.8 Å². The lowest BCUT2D eigenvalue weighted by Gasteiger charge is -2.17. The van der Waals surface area contributed by atoms with E-state index in [9.17, 15) is 0 Å². The molecule has 7 nitrogen and oxygen atoms in total. The third-order valence-electron chi connectivity index (χ3n) is 1.57. The second-order valence-corrected chi connectivity index (χ2v) is 2.29. The Hall–Kier alpha value is -1.34. The molecule has 60 valence electrons. The molecule has 1 fully saturated rings. The molecular weight excluding hydrogens is 148 g/mol. The maximum absolute atomic E-state index is 7.31. The second kappa shape index (κ2) is 1.83. The Balaban J connectivity index is 2.28. The van der Waals surface area contributed by atoms with Gasteiger partial charge in [0.15, 0.2) is 0 Å². The molecule has 0 saturated carbocycles. The molecule has 2 aliphatic rings. The minimum Gasteiger partial charge on any atom is -0.367 e. The van der Waals surface area contributed by atoms with Crippen molar-refractivity contribution in [3.63, 3.8) is 0 Å². The molecule has 2 aliphatic heterocycles. The van der Waals surface area contributed by atoms with E-state index in [2.05, 4.69) is 5.10 Å². The number of hydrogen-bond acceptors (Lipinski definition) is 6. The van der Waals surface area contributed by atoms with Crippen molar-refractivity contribution < 1.29 is 4.74 Å². The van der Waals surface area contributed by atoms with E-state index in [1.807, 2.05) is 0 Å². The van der Waals surface area contributed by atoms with Crippen LogP contribution in [0.3, 0.4) is 0 Å². The summed E-state index contributed by atoms with van der Waals surface area (Å²) >= 11 is 0. The summed E-state index contributed by atoms with van der Waals surface area (Å²) in [6, 6.07) is 0. The molecule has 7 heteroatoms. The van der Waals surface area contributed by atoms with Gasteiger partial charge in [-0.2, -0.15) is 5.01 Å². The van der Waals surface area contributed by atoms with Crippen LogP contribution >= 0.6 is 0 Å². The fourth-order valence-electron chi connectivity index (χ4n) is 1.01. The van der Waals surface area contributed by atoms with E-state index in [1.165, 1.54) is 10.0 Å². The van der Waals surface area contributed by atoms with Crippen molar-refractivity contribution in [3.05, 3.63) is 0 Å². The van der Waals surface area contributed by atoms with Gasteiger partial charge in [-0.1, -0.05) is 0 Å². The van der Waals surface area contributed by atoms with Gasteiger partial charge in [0.1, 0.15) is 12.4 Å². The zero-order valence-electron chi connectivity index (χ0n) is 5.69. The number of nitrogens with two attached hydrogens (primary N) is 2. The standard InChI is InChI=1S/C4H8N6O/c5-2-1-11-4-9(7)3(6)8-10(2)4/h4-5H,1,7H2,(H2,6,8). The van der Waals surface area contributed by atoms with Gasteiger partial charge in [-0.25, -0.2) is 10.9 Å². The molecule has 0 radical (unpaired) electrons. The largest absolute Gasteiger partial charge is 0.367 e. The zero-order valence-corrected chi connectivity index (χ0v) is 5.69. The highest BCUT2D eigenvalue weighted by atomic mass is 16.5. The van der Waals surface area contributed by atoms with Crippen LogP contribution in [-0.4, -0.2) is 34.8 Å². The van der Waals surface area contributed by atoms with Crippen LogP contribution in [0.5, 0.6) is 0 Å². The molecule has 0 aliphatic carbocycles. The molecule has 0 bridgehead atoms. The number of guanidine groups is 1. The number of nitrogens with zero attached hydrogens (tertiary/aromatic N) is 3. The fourth-order valence-corrected chi connectivity index (χ4v) is 1.01. The minimum absolute atomic E-state index is 0.166. The third kappa shape index (κ3) is 0.686. The van der Waals surface area contributed by atoms with Gasteiger partial charge in [0.05, 0.1) is 0 Å². The van der Waals surface area contributed by atoms with Gasteiger partial charge >= 0.3 is 0 Å². The molecule has 2 heterocycles. The maximum Gasteiger partial charge on any atom is 0.247 e. The van der Waals surface area contributed by atoms with Crippen LogP contribution in [0.25, 0.3) is 0 Å². The molecule has 5 N–H and O–H groups in total. The first-order valence-corrected chi connectivity index (χ1v) is 3.06. The van der Waals surface area contributed by atoms with E-state index in [1.54, 1.807) is 0 Å². The van der Waals surface area contributed by atoms with Gasteiger partial charge in [-0.05, 0) is 0 Å². The van der Waals surface area contributed by atoms with Crippen molar-refractivity contribution in [1.29, 1.82) is 5.41 Å². The monoisotopic (exact) mass is 156 g/mol. The Morgan fingerprint density at radius 3 is 3.09 bits per heavy atom. The maximum atomic E-state index is 7.31.